The van der Waals surface area contributed by atoms with Crippen LogP contribution in [0.3, 0.4) is 0 Å². The third kappa shape index (κ3) is 6.81. The van der Waals surface area contributed by atoms with E-state index < -0.39 is 5.97 Å². The van der Waals surface area contributed by atoms with Crippen LogP contribution in [0.2, 0.25) is 0 Å². The van der Waals surface area contributed by atoms with Crippen molar-refractivity contribution in [1.82, 2.24) is 10.3 Å². The SMILES string of the molecule is CC(C)Cc1ncc(CNC(CCC(=O)O)Cc2ccccc2)s1. The fourth-order valence-corrected chi connectivity index (χ4v) is 3.68. The molecule has 2 N–H and O–H groups in total. The molecule has 0 spiro atoms. The van der Waals surface area contributed by atoms with Gasteiger partial charge in [0, 0.05) is 36.5 Å². The Bertz CT molecular complexity index is 625. The van der Waals surface area contributed by atoms with Crippen LogP contribution in [0.15, 0.2) is 36.5 Å². The zero-order valence-corrected chi connectivity index (χ0v) is 15.2. The maximum absolute atomic E-state index is 10.9. The Balaban J connectivity index is 1.91. The van der Waals surface area contributed by atoms with Crippen molar-refractivity contribution >= 4 is 17.3 Å². The molecule has 0 aliphatic rings. The van der Waals surface area contributed by atoms with Crippen LogP contribution in [0.4, 0.5) is 0 Å². The molecule has 0 saturated heterocycles. The zero-order chi connectivity index (χ0) is 17.4. The van der Waals surface area contributed by atoms with Gasteiger partial charge in [0.2, 0.25) is 0 Å². The number of thiazole rings is 1. The van der Waals surface area contributed by atoms with Crippen molar-refractivity contribution in [2.75, 3.05) is 0 Å². The van der Waals surface area contributed by atoms with Crippen LogP contribution in [0.5, 0.6) is 0 Å². The number of carboxylic acid groups (broad SMARTS) is 1. The van der Waals surface area contributed by atoms with Crippen LogP contribution in [-0.4, -0.2) is 22.1 Å². The van der Waals surface area contributed by atoms with Crippen molar-refractivity contribution in [3.8, 4) is 0 Å². The minimum atomic E-state index is -0.744. The van der Waals surface area contributed by atoms with Crippen molar-refractivity contribution in [3.63, 3.8) is 0 Å². The third-order valence-corrected chi connectivity index (χ3v) is 4.80. The Morgan fingerprint density at radius 2 is 2.00 bits per heavy atom. The number of aliphatic carboxylic acids is 1. The van der Waals surface area contributed by atoms with E-state index in [2.05, 4.69) is 36.3 Å². The Morgan fingerprint density at radius 3 is 2.67 bits per heavy atom. The minimum absolute atomic E-state index is 0.152. The van der Waals surface area contributed by atoms with Gasteiger partial charge in [-0.25, -0.2) is 4.98 Å². The highest BCUT2D eigenvalue weighted by Crippen LogP contribution is 2.17. The molecule has 1 aromatic carbocycles. The summed E-state index contributed by atoms with van der Waals surface area (Å²) < 4.78 is 0. The minimum Gasteiger partial charge on any atom is -0.481 e. The maximum atomic E-state index is 10.9. The molecule has 0 saturated carbocycles. The number of carbonyl (C=O) groups is 1. The summed E-state index contributed by atoms with van der Waals surface area (Å²) in [6.07, 6.45) is 4.60. The standard InChI is InChI=1S/C19H26N2O2S/c1-14(2)10-18-21-13-17(24-18)12-20-16(8-9-19(22)23)11-15-6-4-3-5-7-15/h3-7,13-14,16,20H,8-12H2,1-2H3,(H,22,23). The molecule has 2 aromatic rings. The molecule has 24 heavy (non-hydrogen) atoms. The van der Waals surface area contributed by atoms with Gasteiger partial charge >= 0.3 is 5.97 Å². The largest absolute Gasteiger partial charge is 0.481 e. The number of rotatable bonds is 10. The van der Waals surface area contributed by atoms with Crippen molar-refractivity contribution in [1.29, 1.82) is 0 Å². The summed E-state index contributed by atoms with van der Waals surface area (Å²) in [6.45, 7) is 5.13. The van der Waals surface area contributed by atoms with Gasteiger partial charge in [0.1, 0.15) is 0 Å². The predicted octanol–water partition coefficient (Wildman–Crippen LogP) is 3.91. The van der Waals surface area contributed by atoms with Gasteiger partial charge in [0.15, 0.2) is 0 Å². The Labute approximate surface area is 148 Å². The first-order chi connectivity index (χ1) is 11.5. The molecule has 1 atom stereocenters. The lowest BCUT2D eigenvalue weighted by molar-refractivity contribution is -0.137. The molecule has 1 aromatic heterocycles. The first-order valence-electron chi connectivity index (χ1n) is 8.45. The van der Waals surface area contributed by atoms with E-state index in [1.54, 1.807) is 11.3 Å². The lowest BCUT2D eigenvalue weighted by Crippen LogP contribution is -2.31. The van der Waals surface area contributed by atoms with Crippen molar-refractivity contribution in [3.05, 3.63) is 52.0 Å². The number of nitrogens with zero attached hydrogens (tertiary/aromatic N) is 1. The predicted molar refractivity (Wildman–Crippen MR) is 98.3 cm³/mol. The van der Waals surface area contributed by atoms with Gasteiger partial charge in [-0.3, -0.25) is 4.79 Å². The second-order valence-corrected chi connectivity index (χ2v) is 7.72. The molecular formula is C19H26N2O2S. The molecule has 2 rings (SSSR count). The molecule has 1 unspecified atom stereocenters. The summed E-state index contributed by atoms with van der Waals surface area (Å²) in [6, 6.07) is 10.4. The van der Waals surface area contributed by atoms with Crippen LogP contribution in [-0.2, 0) is 24.2 Å². The van der Waals surface area contributed by atoms with Gasteiger partial charge in [-0.1, -0.05) is 44.2 Å². The van der Waals surface area contributed by atoms with Gasteiger partial charge in [-0.2, -0.15) is 0 Å². The topological polar surface area (TPSA) is 62.2 Å². The van der Waals surface area contributed by atoms with E-state index in [9.17, 15) is 4.79 Å². The number of nitrogens with one attached hydrogen (secondary N) is 1. The molecule has 0 amide bonds. The van der Waals surface area contributed by atoms with Crippen LogP contribution in [0, 0.1) is 5.92 Å². The van der Waals surface area contributed by atoms with E-state index >= 15 is 0 Å². The van der Waals surface area contributed by atoms with Gasteiger partial charge in [-0.15, -0.1) is 11.3 Å². The van der Waals surface area contributed by atoms with Crippen LogP contribution >= 0.6 is 11.3 Å². The zero-order valence-electron chi connectivity index (χ0n) is 14.4. The van der Waals surface area contributed by atoms with E-state index in [0.717, 1.165) is 19.4 Å². The van der Waals surface area contributed by atoms with E-state index in [0.29, 0.717) is 12.3 Å². The molecule has 4 nitrogen and oxygen atoms in total. The summed E-state index contributed by atoms with van der Waals surface area (Å²) in [5.41, 5.74) is 1.23. The van der Waals surface area contributed by atoms with Crippen molar-refractivity contribution < 1.29 is 9.90 Å². The Morgan fingerprint density at radius 1 is 1.25 bits per heavy atom. The highest BCUT2D eigenvalue weighted by Gasteiger charge is 2.13. The van der Waals surface area contributed by atoms with Crippen LogP contribution in [0.1, 0.15) is 42.1 Å². The third-order valence-electron chi connectivity index (χ3n) is 3.78. The molecule has 1 heterocycles. The fourth-order valence-electron chi connectivity index (χ4n) is 2.59. The number of benzene rings is 1. The van der Waals surface area contributed by atoms with Crippen LogP contribution in [0.25, 0.3) is 0 Å². The highest BCUT2D eigenvalue weighted by atomic mass is 32.1. The van der Waals surface area contributed by atoms with Gasteiger partial charge in [-0.05, 0) is 24.3 Å². The fraction of sp³-hybridized carbons (Fsp3) is 0.474. The average molecular weight is 346 g/mol. The number of aromatic nitrogens is 1. The second kappa shape index (κ2) is 9.55. The summed E-state index contributed by atoms with van der Waals surface area (Å²) in [7, 11) is 0. The molecular weight excluding hydrogens is 320 g/mol. The molecule has 0 radical (unpaired) electrons. The van der Waals surface area contributed by atoms with E-state index in [-0.39, 0.29) is 12.5 Å². The summed E-state index contributed by atoms with van der Waals surface area (Å²) >= 11 is 1.74. The van der Waals surface area contributed by atoms with Gasteiger partial charge in [0.25, 0.3) is 0 Å². The van der Waals surface area contributed by atoms with Crippen LogP contribution < -0.4 is 5.32 Å². The monoisotopic (exact) mass is 346 g/mol. The Kier molecular flexibility index (Phi) is 7.40. The first-order valence-corrected chi connectivity index (χ1v) is 9.27. The quantitative estimate of drug-likeness (QED) is 0.685. The summed E-state index contributed by atoms with van der Waals surface area (Å²) in [5, 5.41) is 13.7. The molecule has 0 fully saturated rings. The number of carboxylic acids is 1. The van der Waals surface area contributed by atoms with Crippen molar-refractivity contribution in [2.45, 2.75) is 52.1 Å². The summed E-state index contributed by atoms with van der Waals surface area (Å²) in [5.74, 6) is -0.134. The van der Waals surface area contributed by atoms with E-state index in [1.807, 2.05) is 24.4 Å². The molecule has 5 heteroatoms. The summed E-state index contributed by atoms with van der Waals surface area (Å²) in [4.78, 5) is 16.6. The highest BCUT2D eigenvalue weighted by molar-refractivity contribution is 7.11. The Hall–Kier alpha value is -1.72. The lowest BCUT2D eigenvalue weighted by Gasteiger charge is -2.17. The molecule has 0 bridgehead atoms. The molecule has 0 aliphatic carbocycles. The smallest absolute Gasteiger partial charge is 0.303 e. The maximum Gasteiger partial charge on any atom is 0.303 e. The van der Waals surface area contributed by atoms with Gasteiger partial charge in [0.05, 0.1) is 5.01 Å². The normalized spacial score (nSPS) is 12.5. The molecule has 0 aliphatic heterocycles. The first kappa shape index (κ1) is 18.6. The second-order valence-electron chi connectivity index (χ2n) is 6.52. The number of hydrogen-bond donors (Lipinski definition) is 2. The van der Waals surface area contributed by atoms with Gasteiger partial charge < -0.3 is 10.4 Å². The van der Waals surface area contributed by atoms with Crippen molar-refractivity contribution in [2.24, 2.45) is 5.92 Å². The van der Waals surface area contributed by atoms with E-state index in [4.69, 9.17) is 5.11 Å². The lowest BCUT2D eigenvalue weighted by atomic mass is 10.0. The number of hydrogen-bond acceptors (Lipinski definition) is 4. The van der Waals surface area contributed by atoms with E-state index in [1.165, 1.54) is 15.4 Å². The molecule has 130 valence electrons. The average Bonchev–Trinajstić information content (AvgIpc) is 2.97.